The molecule has 1 aliphatic heterocycles. The molecule has 2 aliphatic rings. The molecule has 5 nitrogen and oxygen atoms in total. The van der Waals surface area contributed by atoms with Crippen LogP contribution >= 0.6 is 0 Å². The highest BCUT2D eigenvalue weighted by Gasteiger charge is 2.50. The highest BCUT2D eigenvalue weighted by atomic mass is 16.7. The molecule has 1 fully saturated rings. The van der Waals surface area contributed by atoms with Crippen molar-refractivity contribution in [3.8, 4) is 0 Å². The molecule has 1 saturated carbocycles. The summed E-state index contributed by atoms with van der Waals surface area (Å²) in [6.07, 6.45) is 5.20. The van der Waals surface area contributed by atoms with E-state index >= 15 is 0 Å². The van der Waals surface area contributed by atoms with Crippen molar-refractivity contribution in [2.45, 2.75) is 64.8 Å². The number of hydrogen-bond donors (Lipinski definition) is 0. The van der Waals surface area contributed by atoms with Crippen LogP contribution in [0, 0.1) is 5.41 Å². The third-order valence-electron chi connectivity index (χ3n) is 3.65. The van der Waals surface area contributed by atoms with Gasteiger partial charge >= 0.3 is 5.97 Å². The topological polar surface area (TPSA) is 61.8 Å². The summed E-state index contributed by atoms with van der Waals surface area (Å²) in [6, 6.07) is 0. The molecule has 1 heterocycles. The van der Waals surface area contributed by atoms with Crippen LogP contribution in [-0.4, -0.2) is 23.6 Å². The van der Waals surface area contributed by atoms with Gasteiger partial charge in [-0.05, 0) is 40.0 Å². The molecule has 20 heavy (non-hydrogen) atoms. The van der Waals surface area contributed by atoms with Gasteiger partial charge in [-0.2, -0.15) is 0 Å². The van der Waals surface area contributed by atoms with Gasteiger partial charge in [-0.25, -0.2) is 0 Å². The van der Waals surface area contributed by atoms with Crippen LogP contribution in [-0.2, 0) is 23.8 Å². The molecule has 0 spiro atoms. The van der Waals surface area contributed by atoms with E-state index in [0.717, 1.165) is 6.42 Å². The Balaban J connectivity index is 2.05. The van der Waals surface area contributed by atoms with E-state index in [1.807, 2.05) is 20.8 Å². The maximum Gasteiger partial charge on any atom is 0.320 e. The molecule has 1 atom stereocenters. The van der Waals surface area contributed by atoms with E-state index < -0.39 is 23.3 Å². The van der Waals surface area contributed by atoms with E-state index in [-0.39, 0.29) is 5.78 Å². The second-order valence-electron chi connectivity index (χ2n) is 6.37. The third kappa shape index (κ3) is 3.14. The molecule has 2 rings (SSSR count). The van der Waals surface area contributed by atoms with Gasteiger partial charge in [-0.15, -0.1) is 0 Å². The molecule has 0 aromatic rings. The van der Waals surface area contributed by atoms with Gasteiger partial charge in [0.25, 0.3) is 0 Å². The minimum Gasteiger partial charge on any atom is -0.459 e. The van der Waals surface area contributed by atoms with Crippen LogP contribution in [0.25, 0.3) is 0 Å². The highest BCUT2D eigenvalue weighted by molar-refractivity contribution is 6.05. The maximum atomic E-state index is 12.5. The number of esters is 1. The minimum absolute atomic E-state index is 0.0160. The van der Waals surface area contributed by atoms with Gasteiger partial charge < -0.3 is 14.2 Å². The van der Waals surface area contributed by atoms with Crippen molar-refractivity contribution < 1.29 is 23.8 Å². The zero-order valence-electron chi connectivity index (χ0n) is 12.3. The number of rotatable bonds is 4. The lowest BCUT2D eigenvalue weighted by Gasteiger charge is -2.30. The smallest absolute Gasteiger partial charge is 0.320 e. The van der Waals surface area contributed by atoms with Gasteiger partial charge in [0.05, 0.1) is 0 Å². The van der Waals surface area contributed by atoms with E-state index in [4.69, 9.17) is 14.2 Å². The summed E-state index contributed by atoms with van der Waals surface area (Å²) in [6.45, 7) is 5.43. The lowest BCUT2D eigenvalue weighted by molar-refractivity contribution is -0.170. The largest absolute Gasteiger partial charge is 0.459 e. The van der Waals surface area contributed by atoms with Crippen molar-refractivity contribution in [1.82, 2.24) is 0 Å². The highest BCUT2D eigenvalue weighted by Crippen LogP contribution is 2.42. The Kier molecular flexibility index (Phi) is 4.06. The first kappa shape index (κ1) is 14.9. The Hall–Kier alpha value is -1.52. The molecule has 0 N–H and O–H groups in total. The summed E-state index contributed by atoms with van der Waals surface area (Å²) in [4.78, 5) is 24.7. The molecule has 0 bridgehead atoms. The van der Waals surface area contributed by atoms with Crippen LogP contribution in [0.15, 0.2) is 12.5 Å². The first-order valence-corrected chi connectivity index (χ1v) is 7.06. The van der Waals surface area contributed by atoms with Crippen LogP contribution in [0.2, 0.25) is 0 Å². The molecule has 0 aromatic heterocycles. The normalized spacial score (nSPS) is 26.4. The van der Waals surface area contributed by atoms with Crippen molar-refractivity contribution in [2.75, 3.05) is 0 Å². The van der Waals surface area contributed by atoms with Gasteiger partial charge in [0.15, 0.2) is 0 Å². The standard InChI is InChI=1S/C15H22O5/c1-14(2,3)20-13(17)15(7-4-5-11(15)16)8-6-12-18-9-10-19-12/h9-10,12H,4-8H2,1-3H3/t15-/m0/s1. The molecular weight excluding hydrogens is 260 g/mol. The van der Waals surface area contributed by atoms with Crippen molar-refractivity contribution in [3.63, 3.8) is 0 Å². The summed E-state index contributed by atoms with van der Waals surface area (Å²) >= 11 is 0. The summed E-state index contributed by atoms with van der Waals surface area (Å²) in [5.41, 5.74) is -1.60. The van der Waals surface area contributed by atoms with Gasteiger partial charge in [-0.3, -0.25) is 9.59 Å². The molecule has 0 saturated heterocycles. The van der Waals surface area contributed by atoms with Gasteiger partial charge in [0.1, 0.15) is 29.3 Å². The molecule has 1 aliphatic carbocycles. The second kappa shape index (κ2) is 5.46. The Morgan fingerprint density at radius 3 is 2.55 bits per heavy atom. The lowest BCUT2D eigenvalue weighted by Crippen LogP contribution is -2.41. The van der Waals surface area contributed by atoms with Crippen LogP contribution in [0.4, 0.5) is 0 Å². The zero-order valence-corrected chi connectivity index (χ0v) is 12.3. The fourth-order valence-corrected chi connectivity index (χ4v) is 2.66. The fourth-order valence-electron chi connectivity index (χ4n) is 2.66. The molecule has 0 unspecified atom stereocenters. The van der Waals surface area contributed by atoms with Gasteiger partial charge in [0.2, 0.25) is 6.29 Å². The van der Waals surface area contributed by atoms with E-state index in [9.17, 15) is 9.59 Å². The van der Waals surface area contributed by atoms with Crippen LogP contribution in [0.3, 0.4) is 0 Å². The van der Waals surface area contributed by atoms with E-state index in [1.54, 1.807) is 0 Å². The zero-order chi connectivity index (χ0) is 14.8. The number of hydrogen-bond acceptors (Lipinski definition) is 5. The predicted molar refractivity (Wildman–Crippen MR) is 71.5 cm³/mol. The van der Waals surface area contributed by atoms with Crippen molar-refractivity contribution >= 4 is 11.8 Å². The summed E-state index contributed by atoms with van der Waals surface area (Å²) in [5.74, 6) is -0.420. The van der Waals surface area contributed by atoms with Crippen molar-refractivity contribution in [2.24, 2.45) is 5.41 Å². The average Bonchev–Trinajstić information content (AvgIpc) is 2.94. The SMILES string of the molecule is CC(C)(C)OC(=O)[C@]1(CCC2OC=CO2)CCCC1=O. The quantitative estimate of drug-likeness (QED) is 0.586. The number of Topliss-reactive ketones (excluding diaryl/α,β-unsaturated/α-hetero) is 1. The predicted octanol–water partition coefficient (Wildman–Crippen LogP) is 2.69. The summed E-state index contributed by atoms with van der Waals surface area (Å²) in [5, 5.41) is 0. The first-order valence-electron chi connectivity index (χ1n) is 7.06. The van der Waals surface area contributed by atoms with E-state index in [1.165, 1.54) is 12.5 Å². The Labute approximate surface area is 119 Å². The molecule has 0 aromatic carbocycles. The Bertz CT molecular complexity index is 412. The van der Waals surface area contributed by atoms with Crippen LogP contribution in [0.5, 0.6) is 0 Å². The third-order valence-corrected chi connectivity index (χ3v) is 3.65. The lowest BCUT2D eigenvalue weighted by atomic mass is 9.80. The molecular formula is C15H22O5. The molecule has 0 amide bonds. The van der Waals surface area contributed by atoms with E-state index in [0.29, 0.717) is 25.7 Å². The maximum absolute atomic E-state index is 12.5. The minimum atomic E-state index is -1.01. The average molecular weight is 282 g/mol. The van der Waals surface area contributed by atoms with Gasteiger partial charge in [-0.1, -0.05) is 0 Å². The number of ketones is 1. The number of carbonyl (C=O) groups excluding carboxylic acids is 2. The van der Waals surface area contributed by atoms with Crippen molar-refractivity contribution in [3.05, 3.63) is 12.5 Å². The molecule has 0 radical (unpaired) electrons. The van der Waals surface area contributed by atoms with Crippen LogP contribution in [0.1, 0.15) is 52.9 Å². The first-order chi connectivity index (χ1) is 9.33. The summed E-state index contributed by atoms with van der Waals surface area (Å²) < 4.78 is 15.9. The monoisotopic (exact) mass is 282 g/mol. The fraction of sp³-hybridized carbons (Fsp3) is 0.733. The number of ether oxygens (including phenoxy) is 3. The van der Waals surface area contributed by atoms with Gasteiger partial charge in [0, 0.05) is 12.8 Å². The Morgan fingerprint density at radius 2 is 2.05 bits per heavy atom. The second-order valence-corrected chi connectivity index (χ2v) is 6.37. The van der Waals surface area contributed by atoms with Crippen LogP contribution < -0.4 is 0 Å². The molecule has 112 valence electrons. The summed E-state index contributed by atoms with van der Waals surface area (Å²) in [7, 11) is 0. The number of carbonyl (C=O) groups is 2. The van der Waals surface area contributed by atoms with E-state index in [2.05, 4.69) is 0 Å². The molecule has 5 heteroatoms. The Morgan fingerprint density at radius 1 is 1.40 bits per heavy atom. The van der Waals surface area contributed by atoms with Crippen molar-refractivity contribution in [1.29, 1.82) is 0 Å².